The van der Waals surface area contributed by atoms with Crippen molar-refractivity contribution in [3.63, 3.8) is 0 Å². The lowest BCUT2D eigenvalue weighted by Gasteiger charge is -2.39. The number of hydrogen-bond donors (Lipinski definition) is 0. The highest BCUT2D eigenvalue weighted by molar-refractivity contribution is 7.10. The molecule has 8 heteroatoms. The number of benzene rings is 2. The van der Waals surface area contributed by atoms with Crippen molar-refractivity contribution in [2.24, 2.45) is 0 Å². The van der Waals surface area contributed by atoms with Crippen LogP contribution in [0.5, 0.6) is 0 Å². The molecule has 2 aliphatic rings. The molecule has 35 heavy (non-hydrogen) atoms. The summed E-state index contributed by atoms with van der Waals surface area (Å²) >= 11 is 1.71. The molecule has 3 aromatic rings. The van der Waals surface area contributed by atoms with Gasteiger partial charge in [-0.05, 0) is 58.8 Å². The van der Waals surface area contributed by atoms with Gasteiger partial charge < -0.3 is 9.80 Å². The fraction of sp³-hybridized carbons (Fsp3) is 0.333. The first kappa shape index (κ1) is 23.6. The quantitative estimate of drug-likeness (QED) is 0.540. The average molecular weight is 496 g/mol. The van der Waals surface area contributed by atoms with Crippen LogP contribution in [0.3, 0.4) is 0 Å². The van der Waals surface area contributed by atoms with Gasteiger partial charge in [-0.1, -0.05) is 24.3 Å². The summed E-state index contributed by atoms with van der Waals surface area (Å²) in [6, 6.07) is 14.5. The minimum absolute atomic E-state index is 0.0177. The van der Waals surface area contributed by atoms with E-state index in [0.29, 0.717) is 26.2 Å². The maximum atomic E-state index is 14.0. The smallest absolute Gasteiger partial charge is 0.236 e. The maximum Gasteiger partial charge on any atom is 0.236 e. The predicted octanol–water partition coefficient (Wildman–Crippen LogP) is 3.89. The van der Waals surface area contributed by atoms with Crippen LogP contribution in [0.2, 0.25) is 0 Å². The maximum absolute atomic E-state index is 14.0. The van der Waals surface area contributed by atoms with Gasteiger partial charge in [0, 0.05) is 37.6 Å². The molecule has 0 spiro atoms. The molecule has 5 rings (SSSR count). The lowest BCUT2D eigenvalue weighted by Crippen LogP contribution is -2.53. The fourth-order valence-corrected chi connectivity index (χ4v) is 5.88. The first-order valence-electron chi connectivity index (χ1n) is 11.8. The Bertz CT molecular complexity index is 1210. The van der Waals surface area contributed by atoms with Crippen LogP contribution in [-0.4, -0.2) is 65.8 Å². The van der Waals surface area contributed by atoms with Crippen LogP contribution >= 0.6 is 11.3 Å². The summed E-state index contributed by atoms with van der Waals surface area (Å²) in [5, 5.41) is 2.06. The Balaban J connectivity index is 1.21. The molecule has 1 atom stereocenters. The molecule has 0 aliphatic carbocycles. The highest BCUT2D eigenvalue weighted by Gasteiger charge is 2.33. The second-order valence-electron chi connectivity index (χ2n) is 9.04. The third kappa shape index (κ3) is 5.28. The van der Waals surface area contributed by atoms with E-state index in [4.69, 9.17) is 0 Å². The van der Waals surface area contributed by atoms with Crippen LogP contribution in [0.1, 0.15) is 27.6 Å². The van der Waals surface area contributed by atoms with Crippen molar-refractivity contribution in [3.05, 3.63) is 93.2 Å². The van der Waals surface area contributed by atoms with Crippen molar-refractivity contribution in [1.29, 1.82) is 0 Å². The monoisotopic (exact) mass is 495 g/mol. The molecule has 1 saturated heterocycles. The van der Waals surface area contributed by atoms with E-state index in [-0.39, 0.29) is 42.5 Å². The molecule has 1 aromatic heterocycles. The van der Waals surface area contributed by atoms with E-state index in [1.807, 2.05) is 11.0 Å². The Morgan fingerprint density at radius 1 is 0.857 bits per heavy atom. The first-order chi connectivity index (χ1) is 17.0. The molecule has 5 nitrogen and oxygen atoms in total. The summed E-state index contributed by atoms with van der Waals surface area (Å²) in [6.07, 6.45) is 1.10. The molecule has 0 radical (unpaired) electrons. The molecule has 2 aromatic carbocycles. The topological polar surface area (TPSA) is 43.9 Å². The molecule has 1 fully saturated rings. The number of thiophene rings is 1. The van der Waals surface area contributed by atoms with E-state index in [2.05, 4.69) is 16.3 Å². The van der Waals surface area contributed by atoms with Gasteiger partial charge in [0.2, 0.25) is 11.8 Å². The van der Waals surface area contributed by atoms with Gasteiger partial charge in [0.15, 0.2) is 0 Å². The summed E-state index contributed by atoms with van der Waals surface area (Å²) in [7, 11) is 0. The van der Waals surface area contributed by atoms with Crippen LogP contribution in [0, 0.1) is 11.6 Å². The standard InChI is InChI=1S/C27H27F2N3O2S/c28-21-6-4-19(5-7-21)16-25(33)30-11-13-31(14-12-30)26(34)18-32-10-8-24-23(9-15-35-24)27(32)20-2-1-3-22(29)17-20/h1-7,9,15,17,27H,8,10-14,16,18H2/t27-/m0/s1. The average Bonchev–Trinajstić information content (AvgIpc) is 3.34. The van der Waals surface area contributed by atoms with Gasteiger partial charge in [-0.2, -0.15) is 0 Å². The number of carbonyl (C=O) groups excluding carboxylic acids is 2. The number of rotatable bonds is 5. The molecule has 3 heterocycles. The minimum atomic E-state index is -0.322. The minimum Gasteiger partial charge on any atom is -0.339 e. The fourth-order valence-electron chi connectivity index (χ4n) is 4.97. The van der Waals surface area contributed by atoms with Gasteiger partial charge in [-0.3, -0.25) is 14.5 Å². The third-order valence-electron chi connectivity index (χ3n) is 6.82. The van der Waals surface area contributed by atoms with E-state index in [9.17, 15) is 18.4 Å². The summed E-state index contributed by atoms with van der Waals surface area (Å²) in [5.74, 6) is -0.596. The SMILES string of the molecule is O=C(Cc1ccc(F)cc1)N1CCN(C(=O)CN2CCc3sccc3[C@@H]2c2cccc(F)c2)CC1. The number of nitrogens with zero attached hydrogens (tertiary/aromatic N) is 3. The van der Waals surface area contributed by atoms with Crippen LogP contribution < -0.4 is 0 Å². The molecule has 2 amide bonds. The molecular formula is C27H27F2N3O2S. The summed E-state index contributed by atoms with van der Waals surface area (Å²) in [4.78, 5) is 32.9. The van der Waals surface area contributed by atoms with Gasteiger partial charge in [0.1, 0.15) is 11.6 Å². The van der Waals surface area contributed by atoms with Crippen LogP contribution in [0.4, 0.5) is 8.78 Å². The van der Waals surface area contributed by atoms with Crippen LogP contribution in [0.25, 0.3) is 0 Å². The van der Waals surface area contributed by atoms with Gasteiger partial charge in [0.25, 0.3) is 0 Å². The van der Waals surface area contributed by atoms with Crippen molar-refractivity contribution in [2.45, 2.75) is 18.9 Å². The second kappa shape index (κ2) is 10.3. The molecule has 0 N–H and O–H groups in total. The summed E-state index contributed by atoms with van der Waals surface area (Å²) in [6.45, 7) is 2.91. The Morgan fingerprint density at radius 3 is 2.29 bits per heavy atom. The first-order valence-corrected chi connectivity index (χ1v) is 12.7. The van der Waals surface area contributed by atoms with E-state index < -0.39 is 0 Å². The van der Waals surface area contributed by atoms with Crippen molar-refractivity contribution in [1.82, 2.24) is 14.7 Å². The number of fused-ring (bicyclic) bond motifs is 1. The van der Waals surface area contributed by atoms with Gasteiger partial charge in [-0.15, -0.1) is 11.3 Å². The van der Waals surface area contributed by atoms with Crippen molar-refractivity contribution in [3.8, 4) is 0 Å². The molecule has 182 valence electrons. The Hall–Kier alpha value is -3.10. The predicted molar refractivity (Wildman–Crippen MR) is 131 cm³/mol. The number of halogens is 2. The molecule has 2 aliphatic heterocycles. The van der Waals surface area contributed by atoms with Crippen LogP contribution in [0.15, 0.2) is 60.0 Å². The normalized spacial score (nSPS) is 18.4. The van der Waals surface area contributed by atoms with E-state index >= 15 is 0 Å². The van der Waals surface area contributed by atoms with Crippen molar-refractivity contribution in [2.75, 3.05) is 39.3 Å². The number of hydrogen-bond acceptors (Lipinski definition) is 4. The van der Waals surface area contributed by atoms with Crippen molar-refractivity contribution >= 4 is 23.2 Å². The number of piperazine rings is 1. The van der Waals surface area contributed by atoms with Crippen LogP contribution in [-0.2, 0) is 22.4 Å². The lowest BCUT2D eigenvalue weighted by atomic mass is 9.93. The Kier molecular flexibility index (Phi) is 6.92. The largest absolute Gasteiger partial charge is 0.339 e. The highest BCUT2D eigenvalue weighted by Crippen LogP contribution is 2.37. The van der Waals surface area contributed by atoms with Crippen molar-refractivity contribution < 1.29 is 18.4 Å². The van der Waals surface area contributed by atoms with E-state index in [1.165, 1.54) is 23.1 Å². The third-order valence-corrected chi connectivity index (χ3v) is 7.82. The van der Waals surface area contributed by atoms with Gasteiger partial charge in [0.05, 0.1) is 19.0 Å². The summed E-state index contributed by atoms with van der Waals surface area (Å²) in [5.41, 5.74) is 2.78. The molecule has 0 saturated carbocycles. The zero-order valence-corrected chi connectivity index (χ0v) is 20.1. The molecule has 0 unspecified atom stereocenters. The lowest BCUT2D eigenvalue weighted by molar-refractivity contribution is -0.140. The van der Waals surface area contributed by atoms with E-state index in [1.54, 1.807) is 40.5 Å². The molecular weight excluding hydrogens is 468 g/mol. The van der Waals surface area contributed by atoms with Gasteiger partial charge in [-0.25, -0.2) is 8.78 Å². The molecule has 0 bridgehead atoms. The highest BCUT2D eigenvalue weighted by atomic mass is 32.1. The Morgan fingerprint density at radius 2 is 1.57 bits per heavy atom. The number of amides is 2. The number of carbonyl (C=O) groups is 2. The summed E-state index contributed by atoms with van der Waals surface area (Å²) < 4.78 is 27.1. The zero-order valence-electron chi connectivity index (χ0n) is 19.3. The second-order valence-corrected chi connectivity index (χ2v) is 10.0. The van der Waals surface area contributed by atoms with E-state index in [0.717, 1.165) is 29.7 Å². The van der Waals surface area contributed by atoms with Gasteiger partial charge >= 0.3 is 0 Å². The zero-order chi connectivity index (χ0) is 24.4. The Labute approximate surface area is 207 Å².